The summed E-state index contributed by atoms with van der Waals surface area (Å²) in [5.74, 6) is 1.17. The van der Waals surface area contributed by atoms with Gasteiger partial charge < -0.3 is 9.42 Å². The van der Waals surface area contributed by atoms with Gasteiger partial charge in [0.25, 0.3) is 0 Å². The first-order valence-corrected chi connectivity index (χ1v) is 10.2. The summed E-state index contributed by atoms with van der Waals surface area (Å²) in [6.45, 7) is 1.94. The summed E-state index contributed by atoms with van der Waals surface area (Å²) in [5, 5.41) is 7.08. The summed E-state index contributed by atoms with van der Waals surface area (Å²) >= 11 is 13.8. The maximum atomic E-state index is 12.5. The lowest BCUT2D eigenvalue weighted by Crippen LogP contribution is -2.29. The number of rotatable bonds is 7. The Hall–Kier alpha value is -1.89. The van der Waals surface area contributed by atoms with Gasteiger partial charge >= 0.3 is 0 Å². The maximum absolute atomic E-state index is 12.5. The van der Waals surface area contributed by atoms with Crippen LogP contribution in [0.2, 0.25) is 10.0 Å². The Kier molecular flexibility index (Phi) is 6.52. The minimum absolute atomic E-state index is 0.0338. The average Bonchev–Trinajstić information content (AvgIpc) is 3.32. The van der Waals surface area contributed by atoms with Crippen molar-refractivity contribution in [2.24, 2.45) is 0 Å². The number of aromatic nitrogens is 2. The van der Waals surface area contributed by atoms with Gasteiger partial charge in [-0.05, 0) is 42.5 Å². The molecule has 8 heteroatoms. The predicted molar refractivity (Wildman–Crippen MR) is 108 cm³/mol. The van der Waals surface area contributed by atoms with Gasteiger partial charge in [0.1, 0.15) is 0 Å². The van der Waals surface area contributed by atoms with Gasteiger partial charge in [0, 0.05) is 29.9 Å². The highest BCUT2D eigenvalue weighted by Gasteiger charge is 2.20. The highest BCUT2D eigenvalue weighted by molar-refractivity contribution is 7.13. The number of carbonyl (C=O) groups excluding carboxylic acids is 1. The molecule has 0 radical (unpaired) electrons. The summed E-state index contributed by atoms with van der Waals surface area (Å²) in [4.78, 5) is 19.5. The van der Waals surface area contributed by atoms with Crippen LogP contribution in [0.25, 0.3) is 10.7 Å². The van der Waals surface area contributed by atoms with Gasteiger partial charge in [0.05, 0.1) is 10.9 Å². The van der Waals surface area contributed by atoms with Gasteiger partial charge in [0.15, 0.2) is 0 Å². The molecule has 1 unspecified atom stereocenters. The van der Waals surface area contributed by atoms with E-state index in [1.807, 2.05) is 30.5 Å². The highest BCUT2D eigenvalue weighted by Crippen LogP contribution is 2.29. The van der Waals surface area contributed by atoms with Crippen LogP contribution in [0.4, 0.5) is 0 Å². The standard InChI is InChI=1S/C19H19Cl2N3O2S/c1-12(14-9-8-13(20)11-15(14)21)24(2)18(25)7-3-6-17-22-19(23-26-17)16-5-4-10-27-16/h4-5,8-12H,3,6-7H2,1-2H3. The van der Waals surface area contributed by atoms with E-state index in [9.17, 15) is 4.79 Å². The Morgan fingerprint density at radius 1 is 1.33 bits per heavy atom. The van der Waals surface area contributed by atoms with Crippen LogP contribution in [0.5, 0.6) is 0 Å². The number of hydrogen-bond donors (Lipinski definition) is 0. The Morgan fingerprint density at radius 2 is 2.15 bits per heavy atom. The summed E-state index contributed by atoms with van der Waals surface area (Å²) in [6.07, 6.45) is 1.59. The molecule has 0 saturated heterocycles. The van der Waals surface area contributed by atoms with E-state index in [1.54, 1.807) is 35.4 Å². The van der Waals surface area contributed by atoms with Gasteiger partial charge in [-0.15, -0.1) is 11.3 Å². The molecule has 0 spiro atoms. The van der Waals surface area contributed by atoms with Crippen LogP contribution in [0, 0.1) is 0 Å². The Bertz CT molecular complexity index is 912. The molecular formula is C19H19Cl2N3O2S. The van der Waals surface area contributed by atoms with Crippen molar-refractivity contribution in [3.05, 3.63) is 57.2 Å². The molecule has 0 N–H and O–H groups in total. The third kappa shape index (κ3) is 4.89. The molecule has 0 bridgehead atoms. The lowest BCUT2D eigenvalue weighted by atomic mass is 10.1. The number of aryl methyl sites for hydroxylation is 1. The molecule has 5 nitrogen and oxygen atoms in total. The monoisotopic (exact) mass is 423 g/mol. The zero-order valence-electron chi connectivity index (χ0n) is 15.0. The fraction of sp³-hybridized carbons (Fsp3) is 0.316. The zero-order chi connectivity index (χ0) is 19.4. The number of thiophene rings is 1. The van der Waals surface area contributed by atoms with Crippen molar-refractivity contribution in [1.29, 1.82) is 0 Å². The van der Waals surface area contributed by atoms with Crippen LogP contribution in [0.1, 0.15) is 37.3 Å². The molecule has 1 aromatic carbocycles. The highest BCUT2D eigenvalue weighted by atomic mass is 35.5. The van der Waals surface area contributed by atoms with E-state index in [1.165, 1.54) is 0 Å². The van der Waals surface area contributed by atoms with Crippen LogP contribution in [-0.4, -0.2) is 28.0 Å². The second kappa shape index (κ2) is 8.87. The van der Waals surface area contributed by atoms with Crippen molar-refractivity contribution in [2.45, 2.75) is 32.2 Å². The van der Waals surface area contributed by atoms with Crippen LogP contribution in [0.3, 0.4) is 0 Å². The molecule has 3 aromatic rings. The molecule has 2 aromatic heterocycles. The predicted octanol–water partition coefficient (Wildman–Crippen LogP) is 5.65. The maximum Gasteiger partial charge on any atom is 0.226 e. The number of amides is 1. The second-order valence-electron chi connectivity index (χ2n) is 6.19. The number of nitrogens with zero attached hydrogens (tertiary/aromatic N) is 3. The Balaban J connectivity index is 1.52. The van der Waals surface area contributed by atoms with Gasteiger partial charge in [-0.3, -0.25) is 4.79 Å². The summed E-state index contributed by atoms with van der Waals surface area (Å²) in [6, 6.07) is 9.06. The van der Waals surface area contributed by atoms with Crippen LogP contribution < -0.4 is 0 Å². The average molecular weight is 424 g/mol. The fourth-order valence-electron chi connectivity index (χ4n) is 2.69. The summed E-state index contributed by atoms with van der Waals surface area (Å²) in [5.41, 5.74) is 0.870. The topological polar surface area (TPSA) is 59.2 Å². The zero-order valence-corrected chi connectivity index (χ0v) is 17.3. The Labute approximate surface area is 171 Å². The van der Waals surface area contributed by atoms with Crippen molar-refractivity contribution < 1.29 is 9.32 Å². The largest absolute Gasteiger partial charge is 0.339 e. The van der Waals surface area contributed by atoms with E-state index in [0.29, 0.717) is 41.0 Å². The molecule has 3 rings (SSSR count). The normalized spacial score (nSPS) is 12.1. The van der Waals surface area contributed by atoms with Crippen molar-refractivity contribution >= 4 is 40.4 Å². The number of halogens is 2. The molecule has 0 aliphatic rings. The number of benzene rings is 1. The van der Waals surface area contributed by atoms with Crippen molar-refractivity contribution in [2.75, 3.05) is 7.05 Å². The Morgan fingerprint density at radius 3 is 2.85 bits per heavy atom. The van der Waals surface area contributed by atoms with Crippen LogP contribution in [-0.2, 0) is 11.2 Å². The van der Waals surface area contributed by atoms with E-state index < -0.39 is 0 Å². The van der Waals surface area contributed by atoms with E-state index in [-0.39, 0.29) is 11.9 Å². The first-order valence-electron chi connectivity index (χ1n) is 8.52. The lowest BCUT2D eigenvalue weighted by molar-refractivity contribution is -0.131. The summed E-state index contributed by atoms with van der Waals surface area (Å²) < 4.78 is 5.27. The third-order valence-electron chi connectivity index (χ3n) is 4.38. The van der Waals surface area contributed by atoms with Crippen molar-refractivity contribution in [3.63, 3.8) is 0 Å². The van der Waals surface area contributed by atoms with E-state index >= 15 is 0 Å². The first-order chi connectivity index (χ1) is 13.0. The number of carbonyl (C=O) groups is 1. The lowest BCUT2D eigenvalue weighted by Gasteiger charge is -2.26. The van der Waals surface area contributed by atoms with Gasteiger partial charge in [0.2, 0.25) is 17.6 Å². The molecule has 142 valence electrons. The van der Waals surface area contributed by atoms with E-state index in [4.69, 9.17) is 27.7 Å². The number of hydrogen-bond acceptors (Lipinski definition) is 5. The second-order valence-corrected chi connectivity index (χ2v) is 7.98. The van der Waals surface area contributed by atoms with Gasteiger partial charge in [-0.1, -0.05) is 40.5 Å². The minimum atomic E-state index is -0.142. The fourth-order valence-corrected chi connectivity index (χ4v) is 3.91. The van der Waals surface area contributed by atoms with Crippen LogP contribution in [0.15, 0.2) is 40.2 Å². The van der Waals surface area contributed by atoms with Crippen LogP contribution >= 0.6 is 34.5 Å². The van der Waals surface area contributed by atoms with E-state index in [2.05, 4.69) is 10.1 Å². The molecule has 1 atom stereocenters. The molecule has 0 saturated carbocycles. The summed E-state index contributed by atoms with van der Waals surface area (Å²) in [7, 11) is 1.78. The molecule has 2 heterocycles. The smallest absolute Gasteiger partial charge is 0.226 e. The van der Waals surface area contributed by atoms with Crippen molar-refractivity contribution in [1.82, 2.24) is 15.0 Å². The minimum Gasteiger partial charge on any atom is -0.339 e. The molecular weight excluding hydrogens is 405 g/mol. The molecule has 1 amide bonds. The molecule has 0 aliphatic carbocycles. The molecule has 0 fully saturated rings. The van der Waals surface area contributed by atoms with Gasteiger partial charge in [-0.25, -0.2) is 0 Å². The first kappa shape index (κ1) is 19.9. The van der Waals surface area contributed by atoms with E-state index in [0.717, 1.165) is 10.4 Å². The quantitative estimate of drug-likeness (QED) is 0.492. The SMILES string of the molecule is CC(c1ccc(Cl)cc1Cl)N(C)C(=O)CCCc1nc(-c2cccs2)no1. The molecule has 27 heavy (non-hydrogen) atoms. The van der Waals surface area contributed by atoms with Crippen molar-refractivity contribution in [3.8, 4) is 10.7 Å². The third-order valence-corrected chi connectivity index (χ3v) is 5.81. The van der Waals surface area contributed by atoms with Gasteiger partial charge in [-0.2, -0.15) is 4.98 Å². The molecule has 0 aliphatic heterocycles.